The van der Waals surface area contributed by atoms with Crippen LogP contribution in [-0.4, -0.2) is 92.3 Å². The molecule has 4 rings (SSSR count). The van der Waals surface area contributed by atoms with Crippen molar-refractivity contribution in [1.29, 1.82) is 0 Å². The zero-order valence-corrected chi connectivity index (χ0v) is 17.0. The predicted molar refractivity (Wildman–Crippen MR) is 103 cm³/mol. The monoisotopic (exact) mass is 423 g/mol. The summed E-state index contributed by atoms with van der Waals surface area (Å²) in [4.78, 5) is 19.7. The number of carbonyl (C=O) groups excluding carboxylic acids is 1. The van der Waals surface area contributed by atoms with Gasteiger partial charge in [-0.15, -0.1) is 0 Å². The summed E-state index contributed by atoms with van der Waals surface area (Å²) in [6.07, 6.45) is 1.03. The van der Waals surface area contributed by atoms with Crippen LogP contribution in [0.4, 0.5) is 0 Å². The van der Waals surface area contributed by atoms with Gasteiger partial charge in [0, 0.05) is 36.7 Å². The van der Waals surface area contributed by atoms with Crippen LogP contribution < -0.4 is 4.74 Å². The van der Waals surface area contributed by atoms with Gasteiger partial charge >= 0.3 is 0 Å². The van der Waals surface area contributed by atoms with Gasteiger partial charge in [-0.25, -0.2) is 0 Å². The molecule has 0 N–H and O–H groups in total. The van der Waals surface area contributed by atoms with E-state index in [1.54, 1.807) is 13.2 Å². The molecule has 1 aromatic carbocycles. The normalized spacial score (nSPS) is 26.1. The maximum absolute atomic E-state index is 12.8. The quantitative estimate of drug-likeness (QED) is 0.739. The van der Waals surface area contributed by atoms with Gasteiger partial charge in [0.05, 0.1) is 32.4 Å². The van der Waals surface area contributed by atoms with Crippen molar-refractivity contribution in [3.05, 3.63) is 28.2 Å². The van der Waals surface area contributed by atoms with E-state index in [4.69, 9.17) is 9.47 Å². The van der Waals surface area contributed by atoms with E-state index in [1.807, 2.05) is 17.0 Å². The highest BCUT2D eigenvalue weighted by Crippen LogP contribution is 2.38. The lowest BCUT2D eigenvalue weighted by atomic mass is 9.88. The Morgan fingerprint density at radius 3 is 2.69 bits per heavy atom. The van der Waals surface area contributed by atoms with Crippen LogP contribution in [0.3, 0.4) is 0 Å². The Kier molecular flexibility index (Phi) is 4.98. The molecule has 0 aliphatic carbocycles. The molecule has 142 valence electrons. The van der Waals surface area contributed by atoms with Crippen LogP contribution in [0, 0.1) is 0 Å². The topological polar surface area (TPSA) is 45.2 Å². The second-order valence-corrected chi connectivity index (χ2v) is 8.55. The first-order chi connectivity index (χ1) is 12.5. The van der Waals surface area contributed by atoms with Gasteiger partial charge in [-0.3, -0.25) is 9.69 Å². The molecular weight excluding hydrogens is 398 g/mol. The number of carbonyl (C=O) groups is 1. The fourth-order valence-corrected chi connectivity index (χ4v) is 4.64. The number of amides is 1. The van der Waals surface area contributed by atoms with Crippen molar-refractivity contribution < 1.29 is 14.3 Å². The summed E-state index contributed by atoms with van der Waals surface area (Å²) in [5, 5.41) is 0. The largest absolute Gasteiger partial charge is 0.497 e. The molecule has 3 fully saturated rings. The van der Waals surface area contributed by atoms with E-state index in [9.17, 15) is 4.79 Å². The molecule has 1 aromatic rings. The highest BCUT2D eigenvalue weighted by molar-refractivity contribution is 9.10. The average Bonchev–Trinajstić information content (AvgIpc) is 3.07. The van der Waals surface area contributed by atoms with Gasteiger partial charge in [-0.05, 0) is 47.6 Å². The second kappa shape index (κ2) is 7.11. The van der Waals surface area contributed by atoms with Crippen LogP contribution in [0.5, 0.6) is 5.75 Å². The van der Waals surface area contributed by atoms with E-state index in [0.29, 0.717) is 30.4 Å². The van der Waals surface area contributed by atoms with E-state index < -0.39 is 0 Å². The number of hydrogen-bond donors (Lipinski definition) is 0. The third-order valence-corrected chi connectivity index (χ3v) is 6.58. The lowest BCUT2D eigenvalue weighted by Gasteiger charge is -2.47. The first kappa shape index (κ1) is 18.2. The number of halogens is 1. The maximum atomic E-state index is 12.8. The summed E-state index contributed by atoms with van der Waals surface area (Å²) in [5.74, 6) is 0.729. The molecule has 0 radical (unpaired) electrons. The van der Waals surface area contributed by atoms with Gasteiger partial charge in [-0.2, -0.15) is 0 Å². The molecule has 3 aliphatic rings. The van der Waals surface area contributed by atoms with Crippen LogP contribution >= 0.6 is 15.9 Å². The second-order valence-electron chi connectivity index (χ2n) is 7.70. The molecule has 0 saturated carbocycles. The minimum Gasteiger partial charge on any atom is -0.497 e. The summed E-state index contributed by atoms with van der Waals surface area (Å²) < 4.78 is 12.2. The van der Waals surface area contributed by atoms with Crippen LogP contribution in [0.15, 0.2) is 22.7 Å². The highest BCUT2D eigenvalue weighted by atomic mass is 79.9. The van der Waals surface area contributed by atoms with Crippen LogP contribution in [-0.2, 0) is 4.74 Å². The molecule has 3 aliphatic heterocycles. The van der Waals surface area contributed by atoms with Crippen molar-refractivity contribution in [3.8, 4) is 5.75 Å². The van der Waals surface area contributed by atoms with E-state index in [0.717, 1.165) is 43.7 Å². The number of likely N-dealkylation sites (N-methyl/N-ethyl adjacent to an activating group) is 1. The Morgan fingerprint density at radius 2 is 2.00 bits per heavy atom. The summed E-state index contributed by atoms with van der Waals surface area (Å²) in [6, 6.07) is 5.99. The number of ether oxygens (including phenoxy) is 2. The van der Waals surface area contributed by atoms with Gasteiger partial charge in [0.2, 0.25) is 0 Å². The Hall–Kier alpha value is -1.15. The minimum absolute atomic E-state index is 0.0352. The Balaban J connectivity index is 1.36. The molecule has 0 unspecified atom stereocenters. The number of nitrogens with zero attached hydrogens (tertiary/aromatic N) is 3. The van der Waals surface area contributed by atoms with Crippen molar-refractivity contribution >= 4 is 21.8 Å². The molecule has 3 heterocycles. The standard InChI is InChI=1S/C19H26BrN3O3/c1-21-5-7-22(8-6-21)14-10-19(26-11-14)12-23(13-19)18(24)16-9-15(25-2)3-4-17(16)20/h3-4,9,14H,5-8,10-13H2,1-2H3/t14-/m0/s1. The average molecular weight is 424 g/mol. The van der Waals surface area contributed by atoms with Crippen LogP contribution in [0.1, 0.15) is 16.8 Å². The number of piperazine rings is 1. The molecule has 1 spiro atoms. The van der Waals surface area contributed by atoms with Crippen LogP contribution in [0.2, 0.25) is 0 Å². The molecule has 1 atom stereocenters. The SMILES string of the molecule is COc1ccc(Br)c(C(=O)N2CC3(C[C@H](N4CCN(C)CC4)CO3)C2)c1. The van der Waals surface area contributed by atoms with Crippen molar-refractivity contribution in [2.45, 2.75) is 18.1 Å². The Bertz CT molecular complexity index is 685. The zero-order chi connectivity index (χ0) is 18.3. The lowest BCUT2D eigenvalue weighted by Crippen LogP contribution is -2.63. The fraction of sp³-hybridized carbons (Fsp3) is 0.632. The first-order valence-corrected chi connectivity index (χ1v) is 9.98. The zero-order valence-electron chi connectivity index (χ0n) is 15.4. The number of hydrogen-bond acceptors (Lipinski definition) is 5. The van der Waals surface area contributed by atoms with Gasteiger partial charge in [0.1, 0.15) is 11.4 Å². The molecule has 0 aromatic heterocycles. The summed E-state index contributed by atoms with van der Waals surface area (Å²) in [5.41, 5.74) is 0.502. The van der Waals surface area contributed by atoms with Crippen molar-refractivity contribution in [3.63, 3.8) is 0 Å². The molecule has 3 saturated heterocycles. The number of rotatable bonds is 3. The fourth-order valence-electron chi connectivity index (χ4n) is 4.22. The Morgan fingerprint density at radius 1 is 1.27 bits per heavy atom. The molecule has 7 heteroatoms. The molecule has 1 amide bonds. The van der Waals surface area contributed by atoms with E-state index in [1.165, 1.54) is 0 Å². The number of methoxy groups -OCH3 is 1. The van der Waals surface area contributed by atoms with E-state index in [2.05, 4.69) is 32.8 Å². The van der Waals surface area contributed by atoms with Crippen LogP contribution in [0.25, 0.3) is 0 Å². The summed E-state index contributed by atoms with van der Waals surface area (Å²) in [7, 11) is 3.79. The third-order valence-electron chi connectivity index (χ3n) is 5.89. The van der Waals surface area contributed by atoms with Gasteiger partial charge < -0.3 is 19.3 Å². The maximum Gasteiger partial charge on any atom is 0.255 e. The highest BCUT2D eigenvalue weighted by Gasteiger charge is 2.52. The van der Waals surface area contributed by atoms with Crippen molar-refractivity contribution in [2.24, 2.45) is 0 Å². The van der Waals surface area contributed by atoms with Crippen molar-refractivity contribution in [1.82, 2.24) is 14.7 Å². The Labute approximate surface area is 163 Å². The minimum atomic E-state index is -0.144. The predicted octanol–water partition coefficient (Wildman–Crippen LogP) is 1.69. The van der Waals surface area contributed by atoms with Gasteiger partial charge in [0.25, 0.3) is 5.91 Å². The van der Waals surface area contributed by atoms with Gasteiger partial charge in [-0.1, -0.05) is 0 Å². The van der Waals surface area contributed by atoms with E-state index in [-0.39, 0.29) is 11.5 Å². The third kappa shape index (κ3) is 3.38. The number of benzene rings is 1. The molecule has 6 nitrogen and oxygen atoms in total. The first-order valence-electron chi connectivity index (χ1n) is 9.19. The lowest BCUT2D eigenvalue weighted by molar-refractivity contribution is -0.0951. The molecular formula is C19H26BrN3O3. The molecule has 26 heavy (non-hydrogen) atoms. The van der Waals surface area contributed by atoms with Crippen molar-refractivity contribution in [2.75, 3.05) is 60.0 Å². The number of likely N-dealkylation sites (tertiary alicyclic amines) is 1. The molecule has 0 bridgehead atoms. The summed E-state index contributed by atoms with van der Waals surface area (Å²) in [6.45, 7) is 6.62. The smallest absolute Gasteiger partial charge is 0.255 e. The van der Waals surface area contributed by atoms with Gasteiger partial charge in [0.15, 0.2) is 0 Å². The summed E-state index contributed by atoms with van der Waals surface area (Å²) >= 11 is 3.48. The van der Waals surface area contributed by atoms with E-state index >= 15 is 0 Å².